The number of ether oxygens (including phenoxy) is 1. The zero-order chi connectivity index (χ0) is 14.9. The molecule has 1 aromatic carbocycles. The molecule has 1 aliphatic rings. The molecule has 3 rings (SSSR count). The van der Waals surface area contributed by atoms with Crippen LogP contribution in [0.15, 0.2) is 55.8 Å². The minimum Gasteiger partial charge on any atom is -0.497 e. The molecule has 0 aliphatic carbocycles. The van der Waals surface area contributed by atoms with Crippen molar-refractivity contribution in [3.05, 3.63) is 42.2 Å². The van der Waals surface area contributed by atoms with Gasteiger partial charge in [0.05, 0.1) is 18.6 Å². The molecule has 0 amide bonds. The molecule has 0 spiro atoms. The number of rotatable bonds is 4. The van der Waals surface area contributed by atoms with E-state index in [4.69, 9.17) is 9.15 Å². The third-order valence-electron chi connectivity index (χ3n) is 3.12. The topological polar surface area (TPSA) is 80.9 Å². The van der Waals surface area contributed by atoms with Crippen LogP contribution in [0.3, 0.4) is 0 Å². The van der Waals surface area contributed by atoms with Crippen LogP contribution in [0.4, 0.5) is 0 Å². The molecule has 7 heteroatoms. The van der Waals surface area contributed by atoms with Crippen LogP contribution in [0, 0.1) is 0 Å². The molecule has 2 aromatic rings. The van der Waals surface area contributed by atoms with Crippen LogP contribution in [0.2, 0.25) is 0 Å². The van der Waals surface area contributed by atoms with E-state index in [1.165, 1.54) is 25.3 Å². The third kappa shape index (κ3) is 2.52. The summed E-state index contributed by atoms with van der Waals surface area (Å²) < 4.78 is 35.4. The summed E-state index contributed by atoms with van der Waals surface area (Å²) in [5, 5.41) is 2.94. The maximum atomic E-state index is 12.5. The quantitative estimate of drug-likeness (QED) is 0.925. The van der Waals surface area contributed by atoms with Gasteiger partial charge in [0, 0.05) is 6.54 Å². The van der Waals surface area contributed by atoms with Crippen molar-refractivity contribution in [3.8, 4) is 5.75 Å². The van der Waals surface area contributed by atoms with E-state index >= 15 is 0 Å². The fourth-order valence-corrected chi connectivity index (χ4v) is 3.20. The molecule has 1 aromatic heterocycles. The Morgan fingerprint density at radius 1 is 1.19 bits per heavy atom. The van der Waals surface area contributed by atoms with Crippen LogP contribution >= 0.6 is 0 Å². The van der Waals surface area contributed by atoms with Crippen LogP contribution < -0.4 is 10.1 Å². The van der Waals surface area contributed by atoms with Gasteiger partial charge in [-0.3, -0.25) is 4.99 Å². The molecule has 0 atom stereocenters. The first kappa shape index (κ1) is 13.7. The second kappa shape index (κ2) is 5.25. The van der Waals surface area contributed by atoms with Gasteiger partial charge in [-0.1, -0.05) is 0 Å². The average Bonchev–Trinajstić information content (AvgIpc) is 3.18. The molecule has 0 bridgehead atoms. The molecule has 1 N–H and O–H groups in total. The molecular formula is C14H14N2O4S. The van der Waals surface area contributed by atoms with Gasteiger partial charge in [0.15, 0.2) is 11.6 Å². The lowest BCUT2D eigenvalue weighted by Gasteiger charge is -2.03. The van der Waals surface area contributed by atoms with E-state index in [0.29, 0.717) is 23.9 Å². The number of nitrogens with zero attached hydrogens (tertiary/aromatic N) is 1. The van der Waals surface area contributed by atoms with Gasteiger partial charge < -0.3 is 14.5 Å². The van der Waals surface area contributed by atoms with Crippen molar-refractivity contribution in [1.29, 1.82) is 0 Å². The Labute approximate surface area is 122 Å². The Balaban J connectivity index is 1.94. The maximum absolute atomic E-state index is 12.5. The number of methoxy groups -OCH3 is 1. The summed E-state index contributed by atoms with van der Waals surface area (Å²) in [6, 6.07) is 9.22. The highest BCUT2D eigenvalue weighted by molar-refractivity contribution is 7.91. The van der Waals surface area contributed by atoms with E-state index in [1.807, 2.05) is 0 Å². The van der Waals surface area contributed by atoms with E-state index in [9.17, 15) is 8.42 Å². The summed E-state index contributed by atoms with van der Waals surface area (Å²) in [5.74, 6) is 1.62. The molecule has 1 aliphatic heterocycles. The van der Waals surface area contributed by atoms with Gasteiger partial charge in [-0.05, 0) is 36.4 Å². The molecular weight excluding hydrogens is 292 g/mol. The molecule has 110 valence electrons. The Morgan fingerprint density at radius 3 is 2.57 bits per heavy atom. The molecule has 6 nitrogen and oxygen atoms in total. The summed E-state index contributed by atoms with van der Waals surface area (Å²) in [6.07, 6.45) is 0. The van der Waals surface area contributed by atoms with E-state index < -0.39 is 9.84 Å². The third-order valence-corrected chi connectivity index (χ3v) is 4.77. The maximum Gasteiger partial charge on any atom is 0.239 e. The van der Waals surface area contributed by atoms with Crippen molar-refractivity contribution in [2.45, 2.75) is 9.99 Å². The summed E-state index contributed by atoms with van der Waals surface area (Å²) in [6.45, 7) is 1.40. The zero-order valence-electron chi connectivity index (χ0n) is 11.4. The van der Waals surface area contributed by atoms with Crippen LogP contribution in [-0.4, -0.2) is 34.5 Å². The van der Waals surface area contributed by atoms with Gasteiger partial charge >= 0.3 is 0 Å². The van der Waals surface area contributed by atoms with Gasteiger partial charge in [-0.25, -0.2) is 8.42 Å². The highest BCUT2D eigenvalue weighted by Crippen LogP contribution is 2.25. The zero-order valence-corrected chi connectivity index (χ0v) is 12.2. The van der Waals surface area contributed by atoms with E-state index in [-0.39, 0.29) is 9.99 Å². The number of benzene rings is 1. The SMILES string of the molecule is COc1ccc(S(=O)(=O)c2ccc(C3=NCCN3)o2)cc1. The highest BCUT2D eigenvalue weighted by atomic mass is 32.2. The minimum absolute atomic E-state index is 0.0981. The first-order valence-corrected chi connectivity index (χ1v) is 7.87. The van der Waals surface area contributed by atoms with Crippen molar-refractivity contribution in [2.24, 2.45) is 4.99 Å². The summed E-state index contributed by atoms with van der Waals surface area (Å²) in [4.78, 5) is 4.36. The molecule has 0 fully saturated rings. The number of aliphatic imine (C=N–C) groups is 1. The first-order valence-electron chi connectivity index (χ1n) is 6.39. The van der Waals surface area contributed by atoms with Crippen LogP contribution in [-0.2, 0) is 9.84 Å². The predicted octanol–water partition coefficient (Wildman–Crippen LogP) is 1.47. The smallest absolute Gasteiger partial charge is 0.239 e. The van der Waals surface area contributed by atoms with Crippen molar-refractivity contribution in [2.75, 3.05) is 20.2 Å². The normalized spacial score (nSPS) is 14.6. The molecule has 0 unspecified atom stereocenters. The van der Waals surface area contributed by atoms with Crippen molar-refractivity contribution in [1.82, 2.24) is 5.32 Å². The number of hydrogen-bond donors (Lipinski definition) is 1. The Hall–Kier alpha value is -2.28. The number of nitrogens with one attached hydrogen (secondary N) is 1. The van der Waals surface area contributed by atoms with E-state index in [1.54, 1.807) is 18.2 Å². The lowest BCUT2D eigenvalue weighted by atomic mass is 10.3. The fraction of sp³-hybridized carbons (Fsp3) is 0.214. The van der Waals surface area contributed by atoms with Gasteiger partial charge in [0.25, 0.3) is 0 Å². The Kier molecular flexibility index (Phi) is 3.42. The monoisotopic (exact) mass is 306 g/mol. The molecule has 21 heavy (non-hydrogen) atoms. The van der Waals surface area contributed by atoms with Gasteiger partial charge in [0.2, 0.25) is 14.9 Å². The second-order valence-electron chi connectivity index (χ2n) is 4.45. The molecule has 0 saturated heterocycles. The number of furan rings is 1. The fourth-order valence-electron chi connectivity index (χ4n) is 2.03. The van der Waals surface area contributed by atoms with Crippen molar-refractivity contribution < 1.29 is 17.6 Å². The lowest BCUT2D eigenvalue weighted by molar-refractivity contribution is 0.414. The first-order chi connectivity index (χ1) is 10.1. The predicted molar refractivity (Wildman–Crippen MR) is 76.6 cm³/mol. The average molecular weight is 306 g/mol. The summed E-state index contributed by atoms with van der Waals surface area (Å²) >= 11 is 0. The molecule has 2 heterocycles. The standard InChI is InChI=1S/C14H14N2O4S/c1-19-10-2-4-11(5-3-10)21(17,18)13-7-6-12(20-13)14-15-8-9-16-14/h2-7H,8-9H2,1H3,(H,15,16). The van der Waals surface area contributed by atoms with Crippen LogP contribution in [0.25, 0.3) is 0 Å². The van der Waals surface area contributed by atoms with Crippen molar-refractivity contribution >= 4 is 15.7 Å². The van der Waals surface area contributed by atoms with Gasteiger partial charge in [-0.2, -0.15) is 0 Å². The highest BCUT2D eigenvalue weighted by Gasteiger charge is 2.23. The Bertz CT molecular complexity index is 776. The second-order valence-corrected chi connectivity index (χ2v) is 6.34. The number of sulfone groups is 1. The number of amidine groups is 1. The molecule has 0 radical (unpaired) electrons. The van der Waals surface area contributed by atoms with Crippen LogP contribution in [0.1, 0.15) is 5.76 Å². The lowest BCUT2D eigenvalue weighted by Crippen LogP contribution is -2.18. The van der Waals surface area contributed by atoms with Gasteiger partial charge in [0.1, 0.15) is 5.75 Å². The van der Waals surface area contributed by atoms with Gasteiger partial charge in [-0.15, -0.1) is 0 Å². The van der Waals surface area contributed by atoms with Crippen molar-refractivity contribution in [3.63, 3.8) is 0 Å². The summed E-state index contributed by atoms with van der Waals surface area (Å²) in [7, 11) is -2.15. The largest absolute Gasteiger partial charge is 0.497 e. The molecule has 0 saturated carbocycles. The number of hydrogen-bond acceptors (Lipinski definition) is 6. The van der Waals surface area contributed by atoms with Crippen LogP contribution in [0.5, 0.6) is 5.75 Å². The minimum atomic E-state index is -3.68. The Morgan fingerprint density at radius 2 is 1.95 bits per heavy atom. The van der Waals surface area contributed by atoms with E-state index in [2.05, 4.69) is 10.3 Å². The van der Waals surface area contributed by atoms with E-state index in [0.717, 1.165) is 6.54 Å². The summed E-state index contributed by atoms with van der Waals surface area (Å²) in [5.41, 5.74) is 0.